The zero-order valence-corrected chi connectivity index (χ0v) is 21.0. The van der Waals surface area contributed by atoms with Gasteiger partial charge in [0.1, 0.15) is 16.8 Å². The summed E-state index contributed by atoms with van der Waals surface area (Å²) in [7, 11) is 0. The zero-order chi connectivity index (χ0) is 26.9. The number of aromatic nitrogens is 3. The smallest absolute Gasteiger partial charge is 0.406 e. The lowest BCUT2D eigenvalue weighted by molar-refractivity contribution is -0.274. The van der Waals surface area contributed by atoms with Gasteiger partial charge in [-0.3, -0.25) is 14.2 Å². The van der Waals surface area contributed by atoms with Crippen molar-refractivity contribution in [2.75, 3.05) is 5.75 Å². The molecule has 1 amide bonds. The number of hydrogen-bond donors (Lipinski definition) is 2. The Hall–Kier alpha value is -3.96. The molecule has 5 aromatic rings. The van der Waals surface area contributed by atoms with E-state index in [0.717, 1.165) is 34.8 Å². The number of rotatable bonds is 7. The molecular formula is C26H18ClF3N4O3S. The summed E-state index contributed by atoms with van der Waals surface area (Å²) in [5.41, 5.74) is 1.91. The van der Waals surface area contributed by atoms with Crippen molar-refractivity contribution < 1.29 is 22.7 Å². The van der Waals surface area contributed by atoms with E-state index in [1.807, 2.05) is 24.3 Å². The van der Waals surface area contributed by atoms with Crippen molar-refractivity contribution in [3.63, 3.8) is 0 Å². The Morgan fingerprint density at radius 1 is 1.05 bits per heavy atom. The molecule has 38 heavy (non-hydrogen) atoms. The highest BCUT2D eigenvalue weighted by Gasteiger charge is 2.31. The monoisotopic (exact) mass is 558 g/mol. The maximum atomic E-state index is 13.6. The Morgan fingerprint density at radius 2 is 1.76 bits per heavy atom. The van der Waals surface area contributed by atoms with E-state index in [2.05, 4.69) is 20.0 Å². The van der Waals surface area contributed by atoms with Crippen LogP contribution in [0.3, 0.4) is 0 Å². The van der Waals surface area contributed by atoms with E-state index in [9.17, 15) is 22.8 Å². The minimum atomic E-state index is -4.85. The molecule has 0 bridgehead atoms. The number of halogens is 4. The summed E-state index contributed by atoms with van der Waals surface area (Å²) in [5, 5.41) is 4.24. The Labute approximate surface area is 222 Å². The van der Waals surface area contributed by atoms with Gasteiger partial charge < -0.3 is 15.0 Å². The van der Waals surface area contributed by atoms with E-state index < -0.39 is 17.7 Å². The number of H-pyrrole nitrogens is 1. The molecule has 0 radical (unpaired) electrons. The predicted octanol–water partition coefficient (Wildman–Crippen LogP) is 5.83. The van der Waals surface area contributed by atoms with Crippen molar-refractivity contribution in [2.24, 2.45) is 0 Å². The Morgan fingerprint density at radius 3 is 2.50 bits per heavy atom. The van der Waals surface area contributed by atoms with E-state index in [1.165, 1.54) is 16.7 Å². The molecule has 3 aromatic carbocycles. The standard InChI is InChI=1S/C26H18ClF3N4O3S/c27-19-7-3-1-5-15(19)13-31-21(35)14-38-25-33-22-18-6-2-4-8-20(18)32-23(22)24(36)34(25)16-9-11-17(12-10-16)37-26(28,29)30/h1-12,32H,13-14H2,(H,31,35). The molecule has 2 aromatic heterocycles. The Bertz CT molecular complexity index is 1700. The Kier molecular flexibility index (Phi) is 7.04. The van der Waals surface area contributed by atoms with Crippen LogP contribution in [0, 0.1) is 0 Å². The van der Waals surface area contributed by atoms with Crippen LogP contribution in [-0.2, 0) is 11.3 Å². The van der Waals surface area contributed by atoms with E-state index >= 15 is 0 Å². The maximum Gasteiger partial charge on any atom is 0.573 e. The van der Waals surface area contributed by atoms with E-state index in [4.69, 9.17) is 11.6 Å². The molecule has 0 atom stereocenters. The van der Waals surface area contributed by atoms with Gasteiger partial charge in [-0.25, -0.2) is 4.98 Å². The number of carbonyl (C=O) groups excluding carboxylic acids is 1. The third-order valence-corrected chi connectivity index (χ3v) is 6.90. The van der Waals surface area contributed by atoms with Gasteiger partial charge in [-0.15, -0.1) is 13.2 Å². The fraction of sp³-hybridized carbons (Fsp3) is 0.115. The minimum Gasteiger partial charge on any atom is -0.406 e. The topological polar surface area (TPSA) is 89.0 Å². The second-order valence-corrected chi connectivity index (χ2v) is 9.48. The number of amides is 1. The van der Waals surface area contributed by atoms with Gasteiger partial charge >= 0.3 is 6.36 Å². The van der Waals surface area contributed by atoms with Gasteiger partial charge in [0.15, 0.2) is 5.16 Å². The first-order valence-corrected chi connectivity index (χ1v) is 12.6. The number of nitrogens with one attached hydrogen (secondary N) is 2. The average molecular weight is 559 g/mol. The summed E-state index contributed by atoms with van der Waals surface area (Å²) in [4.78, 5) is 33.9. The highest BCUT2D eigenvalue weighted by atomic mass is 35.5. The van der Waals surface area contributed by atoms with Gasteiger partial charge in [-0.2, -0.15) is 0 Å². The second-order valence-electron chi connectivity index (χ2n) is 8.13. The van der Waals surface area contributed by atoms with Gasteiger partial charge in [-0.05, 0) is 42.0 Å². The summed E-state index contributed by atoms with van der Waals surface area (Å²) in [5.74, 6) is -0.814. The van der Waals surface area contributed by atoms with Gasteiger partial charge in [0.2, 0.25) is 5.91 Å². The lowest BCUT2D eigenvalue weighted by atomic mass is 10.2. The number of benzene rings is 3. The number of nitrogens with zero attached hydrogens (tertiary/aromatic N) is 2. The van der Waals surface area contributed by atoms with Crippen LogP contribution in [0.2, 0.25) is 5.02 Å². The quantitative estimate of drug-likeness (QED) is 0.194. The van der Waals surface area contributed by atoms with Crippen molar-refractivity contribution in [3.8, 4) is 11.4 Å². The molecule has 0 aliphatic rings. The molecule has 0 aliphatic carbocycles. The third kappa shape index (κ3) is 5.48. The summed E-state index contributed by atoms with van der Waals surface area (Å²) in [6, 6.07) is 19.2. The molecule has 12 heteroatoms. The average Bonchev–Trinajstić information content (AvgIpc) is 3.26. The largest absolute Gasteiger partial charge is 0.573 e. The first kappa shape index (κ1) is 25.7. The molecule has 2 heterocycles. The lowest BCUT2D eigenvalue weighted by Crippen LogP contribution is -2.26. The van der Waals surface area contributed by atoms with Gasteiger partial charge in [0, 0.05) is 22.5 Å². The number of hydrogen-bond acceptors (Lipinski definition) is 5. The van der Waals surface area contributed by atoms with Gasteiger partial charge in [0.25, 0.3) is 5.56 Å². The number of fused-ring (bicyclic) bond motifs is 3. The summed E-state index contributed by atoms with van der Waals surface area (Å²) in [6.07, 6.45) is -4.85. The second kappa shape index (κ2) is 10.4. The van der Waals surface area contributed by atoms with Crippen LogP contribution in [0.4, 0.5) is 13.2 Å². The molecule has 0 saturated carbocycles. The predicted molar refractivity (Wildman–Crippen MR) is 140 cm³/mol. The van der Waals surface area contributed by atoms with Crippen LogP contribution in [0.25, 0.3) is 27.6 Å². The molecule has 0 spiro atoms. The molecule has 0 aliphatic heterocycles. The van der Waals surface area contributed by atoms with Crippen LogP contribution in [-0.4, -0.2) is 32.6 Å². The first-order valence-electron chi connectivity index (χ1n) is 11.2. The summed E-state index contributed by atoms with van der Waals surface area (Å²) < 4.78 is 43.0. The molecule has 7 nitrogen and oxygen atoms in total. The number of ether oxygens (including phenoxy) is 1. The third-order valence-electron chi connectivity index (χ3n) is 5.59. The SMILES string of the molecule is O=C(CSc1nc2c([nH]c3ccccc32)c(=O)n1-c1ccc(OC(F)(F)F)cc1)NCc1ccccc1Cl. The molecule has 5 rings (SSSR count). The van der Waals surface area contributed by atoms with Crippen LogP contribution >= 0.6 is 23.4 Å². The Balaban J connectivity index is 1.48. The van der Waals surface area contributed by atoms with Crippen molar-refractivity contribution in [1.82, 2.24) is 19.9 Å². The minimum absolute atomic E-state index is 0.0694. The number of thioether (sulfide) groups is 1. The van der Waals surface area contributed by atoms with Gasteiger partial charge in [0.05, 0.1) is 11.4 Å². The fourth-order valence-electron chi connectivity index (χ4n) is 3.88. The normalized spacial score (nSPS) is 11.7. The van der Waals surface area contributed by atoms with Crippen molar-refractivity contribution in [2.45, 2.75) is 18.1 Å². The molecule has 0 fully saturated rings. The highest BCUT2D eigenvalue weighted by molar-refractivity contribution is 7.99. The molecule has 194 valence electrons. The van der Waals surface area contributed by atoms with Crippen LogP contribution in [0.1, 0.15) is 5.56 Å². The molecule has 2 N–H and O–H groups in total. The van der Waals surface area contributed by atoms with Crippen LogP contribution in [0.15, 0.2) is 82.7 Å². The maximum absolute atomic E-state index is 13.6. The highest BCUT2D eigenvalue weighted by Crippen LogP contribution is 2.28. The van der Waals surface area contributed by atoms with Gasteiger partial charge in [-0.1, -0.05) is 59.8 Å². The number of carbonyl (C=O) groups is 1. The summed E-state index contributed by atoms with van der Waals surface area (Å²) >= 11 is 7.17. The first-order chi connectivity index (χ1) is 18.2. The fourth-order valence-corrected chi connectivity index (χ4v) is 4.92. The number of alkyl halides is 3. The molecular weight excluding hydrogens is 541 g/mol. The molecule has 0 saturated heterocycles. The van der Waals surface area contributed by atoms with Crippen molar-refractivity contribution in [3.05, 3.63) is 93.7 Å². The zero-order valence-electron chi connectivity index (χ0n) is 19.4. The summed E-state index contributed by atoms with van der Waals surface area (Å²) in [6.45, 7) is 0.224. The number of aromatic amines is 1. The van der Waals surface area contributed by atoms with Crippen molar-refractivity contribution >= 4 is 51.2 Å². The van der Waals surface area contributed by atoms with Crippen LogP contribution in [0.5, 0.6) is 5.75 Å². The number of para-hydroxylation sites is 1. The molecule has 0 unspecified atom stereocenters. The lowest BCUT2D eigenvalue weighted by Gasteiger charge is -2.14. The van der Waals surface area contributed by atoms with Crippen molar-refractivity contribution in [1.29, 1.82) is 0 Å². The van der Waals surface area contributed by atoms with Crippen LogP contribution < -0.4 is 15.6 Å². The van der Waals surface area contributed by atoms with E-state index in [-0.39, 0.29) is 34.6 Å². The van der Waals surface area contributed by atoms with E-state index in [0.29, 0.717) is 16.1 Å². The van der Waals surface area contributed by atoms with E-state index in [1.54, 1.807) is 24.3 Å².